The molecule has 0 saturated heterocycles. The van der Waals surface area contributed by atoms with E-state index in [0.29, 0.717) is 10.1 Å². The minimum Gasteiger partial charge on any atom is -0.871 e. The van der Waals surface area contributed by atoms with Gasteiger partial charge in [0, 0.05) is 83.4 Å². The van der Waals surface area contributed by atoms with Gasteiger partial charge in [-0.05, 0) is 79.2 Å². The van der Waals surface area contributed by atoms with E-state index in [9.17, 15) is 39.5 Å². The number of hydrogen-bond acceptors (Lipinski definition) is 9. The summed E-state index contributed by atoms with van der Waals surface area (Å²) in [5.74, 6) is -3.40. The SMILES string of the molecule is CC(=O)N(O)CCC(=O)Nc1cc2c(cc1C1=C([O-])/C(=c3/cc4c(cc3NC(=O)CCN(O)C(C)=O)=[N+](C(C)C)C(C)C4(C)C)C1=O)C(C)(C)C(C)N2C(C)C. The summed E-state index contributed by atoms with van der Waals surface area (Å²) < 4.78 is 2.24. The van der Waals surface area contributed by atoms with Crippen molar-refractivity contribution in [3.05, 3.63) is 57.3 Å². The molecule has 0 aromatic heterocycles. The number of nitrogens with one attached hydrogen (secondary N) is 2. The molecule has 2 aromatic rings. The van der Waals surface area contributed by atoms with Gasteiger partial charge in [-0.2, -0.15) is 0 Å². The number of nitrogens with zero attached hydrogens (tertiary/aromatic N) is 4. The molecule has 2 aromatic carbocycles. The lowest BCUT2D eigenvalue weighted by Crippen LogP contribution is -2.42. The Kier molecular flexibility index (Phi) is 11.4. The molecule has 2 unspecified atom stereocenters. The van der Waals surface area contributed by atoms with Gasteiger partial charge in [0.2, 0.25) is 29.0 Å². The summed E-state index contributed by atoms with van der Waals surface area (Å²) in [6, 6.07) is 7.46. The van der Waals surface area contributed by atoms with E-state index >= 15 is 0 Å². The van der Waals surface area contributed by atoms with Crippen LogP contribution in [-0.4, -0.2) is 87.2 Å². The number of rotatable bonds is 11. The van der Waals surface area contributed by atoms with Gasteiger partial charge >= 0.3 is 0 Å². The highest BCUT2D eigenvalue weighted by atomic mass is 16.5. The van der Waals surface area contributed by atoms with Crippen LogP contribution in [0.1, 0.15) is 113 Å². The maximum atomic E-state index is 14.5. The summed E-state index contributed by atoms with van der Waals surface area (Å²) in [6.45, 7) is 22.7. The third-order valence-electron chi connectivity index (χ3n) is 12.1. The first-order valence-corrected chi connectivity index (χ1v) is 19.2. The molecule has 0 fully saturated rings. The first-order valence-electron chi connectivity index (χ1n) is 19.2. The number of ketones is 1. The molecule has 5 rings (SSSR count). The summed E-state index contributed by atoms with van der Waals surface area (Å²) in [4.78, 5) is 66.5. The Morgan fingerprint density at radius 1 is 0.821 bits per heavy atom. The summed E-state index contributed by atoms with van der Waals surface area (Å²) >= 11 is 0. The fraction of sp³-hybridized carbons (Fsp3) is 0.524. The standard InChI is InChI=1S/C42H56N6O8/c1-21(2)47-23(5)41(9,10)29-17-27(31(19-33(29)47)43-35(51)13-15-45(55)25(7)49)37-39(53)38(40(37)54)28-18-30-34(48(22(3)4)24(6)42(30,11)12)20-32(28)44-36(52)14-16-46(56)26(8)50/h17-24,55-56H,13-16H2,1-12H3,(H2,43,44,51,52,53,54). The number of amides is 4. The van der Waals surface area contributed by atoms with Crippen LogP contribution in [0.2, 0.25) is 0 Å². The lowest BCUT2D eigenvalue weighted by molar-refractivity contribution is -0.292. The van der Waals surface area contributed by atoms with Gasteiger partial charge in [0.15, 0.2) is 11.8 Å². The highest BCUT2D eigenvalue weighted by molar-refractivity contribution is 6.52. The van der Waals surface area contributed by atoms with Crippen molar-refractivity contribution in [3.8, 4) is 0 Å². The van der Waals surface area contributed by atoms with Crippen molar-refractivity contribution in [3.63, 3.8) is 0 Å². The first-order chi connectivity index (χ1) is 25.9. The van der Waals surface area contributed by atoms with E-state index in [-0.39, 0.29) is 83.4 Å². The van der Waals surface area contributed by atoms with E-state index in [0.717, 1.165) is 22.2 Å². The van der Waals surface area contributed by atoms with Gasteiger partial charge in [-0.25, -0.2) is 14.7 Å². The van der Waals surface area contributed by atoms with Crippen molar-refractivity contribution < 1.29 is 39.5 Å². The first kappa shape index (κ1) is 42.1. The Hall–Kier alpha value is -5.08. The smallest absolute Gasteiger partial charge is 0.242 e. The van der Waals surface area contributed by atoms with E-state index in [4.69, 9.17) is 0 Å². The molecule has 14 nitrogen and oxygen atoms in total. The Balaban J connectivity index is 1.73. The number of carbonyl (C=O) groups excluding carboxylic acids is 5. The maximum absolute atomic E-state index is 14.5. The minimum absolute atomic E-state index is 0.0387. The van der Waals surface area contributed by atoms with Gasteiger partial charge in [-0.15, -0.1) is 0 Å². The van der Waals surface area contributed by atoms with E-state index in [1.165, 1.54) is 13.8 Å². The van der Waals surface area contributed by atoms with Gasteiger partial charge in [0.05, 0.1) is 29.9 Å². The molecule has 3 aliphatic rings. The Morgan fingerprint density at radius 3 is 1.84 bits per heavy atom. The summed E-state index contributed by atoms with van der Waals surface area (Å²) in [6.07, 6.45) is -0.478. The fourth-order valence-corrected chi connectivity index (χ4v) is 8.31. The van der Waals surface area contributed by atoms with E-state index < -0.39 is 46.0 Å². The van der Waals surface area contributed by atoms with Crippen LogP contribution < -0.4 is 35.8 Å². The summed E-state index contributed by atoms with van der Waals surface area (Å²) in [7, 11) is 0. The minimum atomic E-state index is -0.618. The molecule has 0 spiro atoms. The largest absolute Gasteiger partial charge is 0.871 e. The monoisotopic (exact) mass is 772 g/mol. The van der Waals surface area contributed by atoms with E-state index in [1.54, 1.807) is 12.1 Å². The molecule has 1 aliphatic carbocycles. The molecule has 4 N–H and O–H groups in total. The van der Waals surface area contributed by atoms with Gasteiger partial charge in [0.1, 0.15) is 6.04 Å². The number of carbonyl (C=O) groups is 5. The second kappa shape index (κ2) is 15.1. The number of allylic oxidation sites excluding steroid dienone is 2. The Morgan fingerprint density at radius 2 is 1.36 bits per heavy atom. The van der Waals surface area contributed by atoms with Crippen molar-refractivity contribution >= 4 is 57.6 Å². The third kappa shape index (κ3) is 7.20. The van der Waals surface area contributed by atoms with Crippen LogP contribution in [0.25, 0.3) is 11.1 Å². The summed E-state index contributed by atoms with van der Waals surface area (Å²) in [5.41, 5.74) is 2.41. The quantitative estimate of drug-likeness (QED) is 0.152. The number of fused-ring (bicyclic) bond motifs is 2. The van der Waals surface area contributed by atoms with Crippen LogP contribution in [0.15, 0.2) is 30.0 Å². The van der Waals surface area contributed by atoms with Crippen LogP contribution in [0, 0.1) is 0 Å². The lowest BCUT2D eigenvalue weighted by Gasteiger charge is -2.34. The zero-order chi connectivity index (χ0) is 41.9. The lowest BCUT2D eigenvalue weighted by atomic mass is 9.76. The molecule has 4 amide bonds. The maximum Gasteiger partial charge on any atom is 0.242 e. The van der Waals surface area contributed by atoms with Crippen molar-refractivity contribution in [1.82, 2.24) is 14.7 Å². The second-order valence-corrected chi connectivity index (χ2v) is 16.9. The predicted molar refractivity (Wildman–Crippen MR) is 211 cm³/mol. The van der Waals surface area contributed by atoms with Crippen LogP contribution in [0.3, 0.4) is 0 Å². The van der Waals surface area contributed by atoms with Crippen LogP contribution in [0.5, 0.6) is 0 Å². The molecule has 0 bridgehead atoms. The molecule has 2 atom stereocenters. The van der Waals surface area contributed by atoms with Crippen LogP contribution in [-0.2, 0) is 34.8 Å². The second-order valence-electron chi connectivity index (χ2n) is 16.9. The molecule has 2 aliphatic heterocycles. The zero-order valence-corrected chi connectivity index (χ0v) is 34.6. The number of anilines is 3. The average Bonchev–Trinajstić information content (AvgIpc) is 3.42. The van der Waals surface area contributed by atoms with Crippen molar-refractivity contribution in [2.24, 2.45) is 0 Å². The average molecular weight is 773 g/mol. The van der Waals surface area contributed by atoms with Crippen molar-refractivity contribution in [1.29, 1.82) is 0 Å². The fourth-order valence-electron chi connectivity index (χ4n) is 8.31. The van der Waals surface area contributed by atoms with Crippen molar-refractivity contribution in [2.75, 3.05) is 28.6 Å². The van der Waals surface area contributed by atoms with Gasteiger partial charge < -0.3 is 20.6 Å². The molecule has 0 saturated carbocycles. The van der Waals surface area contributed by atoms with Gasteiger partial charge in [-0.3, -0.25) is 34.4 Å². The Bertz CT molecular complexity index is 2190. The molecule has 56 heavy (non-hydrogen) atoms. The number of benzene rings is 2. The molecule has 302 valence electrons. The van der Waals surface area contributed by atoms with Gasteiger partial charge in [0.25, 0.3) is 0 Å². The number of hydroxylamine groups is 4. The van der Waals surface area contributed by atoms with Crippen molar-refractivity contribution in [2.45, 2.75) is 131 Å². The van der Waals surface area contributed by atoms with Crippen LogP contribution in [0.4, 0.5) is 17.1 Å². The molecular formula is C42H56N6O8. The zero-order valence-electron chi connectivity index (χ0n) is 34.6. The summed E-state index contributed by atoms with van der Waals surface area (Å²) in [5, 5.41) is 42.0. The molecule has 0 radical (unpaired) electrons. The van der Waals surface area contributed by atoms with E-state index in [2.05, 4.69) is 89.3 Å². The number of Topliss-reactive ketones (excluding diaryl/α,β-unsaturated/α-hetero) is 1. The highest BCUT2D eigenvalue weighted by Gasteiger charge is 2.47. The molecular weight excluding hydrogens is 716 g/mol. The Labute approximate surface area is 328 Å². The molecule has 14 heteroatoms. The predicted octanol–water partition coefficient (Wildman–Crippen LogP) is 2.80. The van der Waals surface area contributed by atoms with E-state index in [1.807, 2.05) is 12.1 Å². The molecule has 2 heterocycles. The third-order valence-corrected chi connectivity index (χ3v) is 12.1. The van der Waals surface area contributed by atoms with Gasteiger partial charge in [-0.1, -0.05) is 19.6 Å². The normalized spacial score (nSPS) is 20.2. The number of hydrogen-bond donors (Lipinski definition) is 4. The topological polar surface area (TPSA) is 186 Å². The highest BCUT2D eigenvalue weighted by Crippen LogP contribution is 2.50. The van der Waals surface area contributed by atoms with Crippen LogP contribution >= 0.6 is 0 Å².